The molecule has 4 aromatic carbocycles. The van der Waals surface area contributed by atoms with Crippen molar-refractivity contribution in [3.8, 4) is 16.9 Å². The highest BCUT2D eigenvalue weighted by atomic mass is 16.6. The van der Waals surface area contributed by atoms with Gasteiger partial charge in [-0.05, 0) is 91.9 Å². The Morgan fingerprint density at radius 1 is 0.855 bits per heavy atom. The minimum absolute atomic E-state index is 0.0141. The van der Waals surface area contributed by atoms with Gasteiger partial charge in [0.1, 0.15) is 17.2 Å². The van der Waals surface area contributed by atoms with Crippen LogP contribution >= 0.6 is 0 Å². The van der Waals surface area contributed by atoms with Crippen molar-refractivity contribution in [3.63, 3.8) is 0 Å². The number of aromatic hydroxyl groups is 1. The van der Waals surface area contributed by atoms with Crippen LogP contribution in [0.1, 0.15) is 69.1 Å². The molecule has 1 heterocycles. The number of esters is 1. The minimum atomic E-state index is -0.863. The molecule has 0 bridgehead atoms. The Morgan fingerprint density at radius 2 is 1.55 bits per heavy atom. The molecule has 0 aliphatic heterocycles. The number of ether oxygens (including phenoxy) is 2. The summed E-state index contributed by atoms with van der Waals surface area (Å²) < 4.78 is 10.7. The van der Waals surface area contributed by atoms with Crippen LogP contribution in [-0.2, 0) is 30.3 Å². The van der Waals surface area contributed by atoms with Crippen molar-refractivity contribution in [1.29, 1.82) is 0 Å². The summed E-state index contributed by atoms with van der Waals surface area (Å²) in [5.41, 5.74) is 3.71. The van der Waals surface area contributed by atoms with E-state index in [1.54, 1.807) is 39.1 Å². The number of fused-ring (bicyclic) bond motifs is 1. The number of carbonyl (C=O) groups is 4. The number of Topliss-reactive ketones (excluding diaryl/α,β-unsaturated/α-hetero) is 1. The van der Waals surface area contributed by atoms with E-state index < -0.39 is 29.6 Å². The lowest BCUT2D eigenvalue weighted by Gasteiger charge is -2.27. The molecule has 2 atom stereocenters. The highest BCUT2D eigenvalue weighted by molar-refractivity contribution is 6.00. The minimum Gasteiger partial charge on any atom is -0.507 e. The number of nitrogens with zero attached hydrogens (tertiary/aromatic N) is 2. The number of nitrogens with one attached hydrogen (secondary N) is 1. The normalized spacial score (nSPS) is 12.4. The maximum atomic E-state index is 14.2. The van der Waals surface area contributed by atoms with Gasteiger partial charge in [-0.3, -0.25) is 19.3 Å². The van der Waals surface area contributed by atoms with E-state index >= 15 is 0 Å². The Labute approximate surface area is 322 Å². The molecular formula is C45H49N3O7. The standard InChI is InChI=1S/C45H49N3O7/c1-30-23-24-46-41(26-30)48(44(53)55-45(2,3)4)25-11-16-42(51)47-38(27-31-12-7-6-8-13-31)40(50)28-34(29-43(52)54-5)32-17-19-33(20-18-32)35-21-22-39(49)37-15-10-9-14-36(35)37/h6-10,12-15,17-24,26,34,38,49H,11,16,25,27-29H2,1-5H3,(H,47,51)/t34-,38-/m0/s1. The highest BCUT2D eigenvalue weighted by Gasteiger charge is 2.28. The van der Waals surface area contributed by atoms with Gasteiger partial charge in [-0.2, -0.15) is 0 Å². The van der Waals surface area contributed by atoms with E-state index in [1.807, 2.05) is 97.9 Å². The number of ketones is 1. The van der Waals surface area contributed by atoms with Crippen molar-refractivity contribution in [1.82, 2.24) is 10.3 Å². The number of pyridine rings is 1. The molecule has 0 saturated heterocycles. The van der Waals surface area contributed by atoms with Crippen LogP contribution in [0.5, 0.6) is 5.75 Å². The first-order valence-electron chi connectivity index (χ1n) is 18.5. The molecule has 286 valence electrons. The topological polar surface area (TPSA) is 135 Å². The average Bonchev–Trinajstić information content (AvgIpc) is 3.16. The quantitative estimate of drug-likeness (QED) is 0.102. The lowest BCUT2D eigenvalue weighted by Crippen LogP contribution is -2.43. The van der Waals surface area contributed by atoms with Gasteiger partial charge in [-0.1, -0.05) is 84.9 Å². The van der Waals surface area contributed by atoms with E-state index in [0.717, 1.165) is 38.6 Å². The number of amides is 2. The van der Waals surface area contributed by atoms with Gasteiger partial charge in [-0.25, -0.2) is 9.78 Å². The van der Waals surface area contributed by atoms with Gasteiger partial charge >= 0.3 is 12.1 Å². The number of anilines is 1. The van der Waals surface area contributed by atoms with Crippen LogP contribution in [0.25, 0.3) is 21.9 Å². The molecule has 10 nitrogen and oxygen atoms in total. The molecule has 0 aliphatic carbocycles. The van der Waals surface area contributed by atoms with E-state index in [1.165, 1.54) is 12.0 Å². The second kappa shape index (κ2) is 18.3. The first-order chi connectivity index (χ1) is 26.3. The van der Waals surface area contributed by atoms with Crippen LogP contribution in [-0.4, -0.2) is 59.1 Å². The third-order valence-electron chi connectivity index (χ3n) is 9.27. The van der Waals surface area contributed by atoms with Crippen LogP contribution in [0.2, 0.25) is 0 Å². The van der Waals surface area contributed by atoms with Crippen LogP contribution in [0.3, 0.4) is 0 Å². The van der Waals surface area contributed by atoms with Gasteiger partial charge in [0.05, 0.1) is 19.6 Å². The fourth-order valence-electron chi connectivity index (χ4n) is 6.49. The number of hydrogen-bond donors (Lipinski definition) is 2. The molecule has 0 aliphatic rings. The molecule has 2 amide bonds. The number of phenols is 1. The van der Waals surface area contributed by atoms with E-state index in [9.17, 15) is 24.3 Å². The highest BCUT2D eigenvalue weighted by Crippen LogP contribution is 2.35. The van der Waals surface area contributed by atoms with E-state index in [-0.39, 0.29) is 49.7 Å². The zero-order valence-corrected chi connectivity index (χ0v) is 32.1. The number of aryl methyl sites for hydroxylation is 1. The molecule has 0 fully saturated rings. The summed E-state index contributed by atoms with van der Waals surface area (Å²) in [5, 5.41) is 15.0. The van der Waals surface area contributed by atoms with Gasteiger partial charge in [-0.15, -0.1) is 0 Å². The summed E-state index contributed by atoms with van der Waals surface area (Å²) in [6.07, 6.45) is 1.62. The zero-order valence-electron chi connectivity index (χ0n) is 32.1. The van der Waals surface area contributed by atoms with Crippen LogP contribution < -0.4 is 10.2 Å². The van der Waals surface area contributed by atoms with Crippen LogP contribution in [0.4, 0.5) is 10.6 Å². The van der Waals surface area contributed by atoms with Crippen molar-refractivity contribution in [3.05, 3.63) is 126 Å². The van der Waals surface area contributed by atoms with E-state index in [4.69, 9.17) is 9.47 Å². The summed E-state index contributed by atoms with van der Waals surface area (Å²) >= 11 is 0. The molecule has 1 aromatic heterocycles. The monoisotopic (exact) mass is 743 g/mol. The number of hydrogen-bond acceptors (Lipinski definition) is 8. The number of phenolic OH excluding ortho intramolecular Hbond substituents is 1. The molecule has 55 heavy (non-hydrogen) atoms. The fourth-order valence-corrected chi connectivity index (χ4v) is 6.49. The third kappa shape index (κ3) is 11.2. The number of aromatic nitrogens is 1. The molecule has 0 spiro atoms. The predicted molar refractivity (Wildman–Crippen MR) is 214 cm³/mol. The van der Waals surface area contributed by atoms with Gasteiger partial charge in [0.2, 0.25) is 5.91 Å². The molecule has 5 aromatic rings. The molecule has 0 saturated carbocycles. The van der Waals surface area contributed by atoms with Crippen LogP contribution in [0, 0.1) is 6.92 Å². The van der Waals surface area contributed by atoms with Crippen molar-refractivity contribution in [2.75, 3.05) is 18.6 Å². The largest absolute Gasteiger partial charge is 0.507 e. The summed E-state index contributed by atoms with van der Waals surface area (Å²) in [6, 6.07) is 31.0. The summed E-state index contributed by atoms with van der Waals surface area (Å²) in [4.78, 5) is 59.2. The maximum absolute atomic E-state index is 14.2. The van der Waals surface area contributed by atoms with Crippen LogP contribution in [0.15, 0.2) is 109 Å². The number of rotatable bonds is 15. The first-order valence-corrected chi connectivity index (χ1v) is 18.5. The molecule has 5 rings (SSSR count). The smallest absolute Gasteiger partial charge is 0.416 e. The van der Waals surface area contributed by atoms with Crippen molar-refractivity contribution >= 4 is 40.3 Å². The van der Waals surface area contributed by atoms with Crippen molar-refractivity contribution in [2.45, 2.75) is 77.4 Å². The van der Waals surface area contributed by atoms with E-state index in [0.29, 0.717) is 12.2 Å². The van der Waals surface area contributed by atoms with Crippen molar-refractivity contribution in [2.24, 2.45) is 0 Å². The van der Waals surface area contributed by atoms with Gasteiger partial charge in [0.15, 0.2) is 5.78 Å². The maximum Gasteiger partial charge on any atom is 0.416 e. The van der Waals surface area contributed by atoms with Gasteiger partial charge in [0, 0.05) is 36.9 Å². The SMILES string of the molecule is COC(=O)C[C@H](CC(=O)[C@H](Cc1ccccc1)NC(=O)CCCN(C(=O)OC(C)(C)C)c1cc(C)ccn1)c1ccc(-c2ccc(O)c3ccccc23)cc1. The van der Waals surface area contributed by atoms with E-state index in [2.05, 4.69) is 10.3 Å². The zero-order chi connectivity index (χ0) is 39.5. The number of carbonyl (C=O) groups excluding carboxylic acids is 4. The Balaban J connectivity index is 1.32. The van der Waals surface area contributed by atoms with Gasteiger partial charge in [0.25, 0.3) is 0 Å². The fraction of sp³-hybridized carbons (Fsp3) is 0.311. The second-order valence-electron chi connectivity index (χ2n) is 14.7. The Bertz CT molecular complexity index is 2110. The molecule has 10 heteroatoms. The molecular weight excluding hydrogens is 695 g/mol. The Kier molecular flexibility index (Phi) is 13.4. The second-order valence-corrected chi connectivity index (χ2v) is 14.7. The lowest BCUT2D eigenvalue weighted by molar-refractivity contribution is -0.141. The summed E-state index contributed by atoms with van der Waals surface area (Å²) in [7, 11) is 1.32. The lowest BCUT2D eigenvalue weighted by atomic mass is 9.86. The molecule has 0 radical (unpaired) electrons. The third-order valence-corrected chi connectivity index (χ3v) is 9.27. The molecule has 2 N–H and O–H groups in total. The number of benzene rings is 4. The predicted octanol–water partition coefficient (Wildman–Crippen LogP) is 8.47. The summed E-state index contributed by atoms with van der Waals surface area (Å²) in [6.45, 7) is 7.43. The van der Waals surface area contributed by atoms with Gasteiger partial charge < -0.3 is 19.9 Å². The number of methoxy groups -OCH3 is 1. The Hall–Kier alpha value is -6.03. The average molecular weight is 744 g/mol. The van der Waals surface area contributed by atoms with Crippen molar-refractivity contribution < 1.29 is 33.8 Å². The molecule has 0 unspecified atom stereocenters. The Morgan fingerprint density at radius 3 is 2.22 bits per heavy atom. The first kappa shape index (κ1) is 40.2. The summed E-state index contributed by atoms with van der Waals surface area (Å²) in [5.74, 6) is -0.901.